The summed E-state index contributed by atoms with van der Waals surface area (Å²) in [4.78, 5) is 39.5. The number of hydrogen-bond donors (Lipinski definition) is 1. The highest BCUT2D eigenvalue weighted by Crippen LogP contribution is 2.44. The predicted octanol–water partition coefficient (Wildman–Crippen LogP) is 4.62. The lowest BCUT2D eigenvalue weighted by Crippen LogP contribution is -2.65. The van der Waals surface area contributed by atoms with Gasteiger partial charge in [-0.2, -0.15) is 4.98 Å². The minimum Gasteiger partial charge on any atom is -0.472 e. The maximum atomic E-state index is 15.7. The van der Waals surface area contributed by atoms with Crippen molar-refractivity contribution in [1.29, 1.82) is 0 Å². The van der Waals surface area contributed by atoms with Crippen molar-refractivity contribution in [3.05, 3.63) is 22.2 Å². The number of carbonyl (C=O) groups excluding carboxylic acids is 2. The van der Waals surface area contributed by atoms with Gasteiger partial charge in [-0.1, -0.05) is 11.6 Å². The van der Waals surface area contributed by atoms with E-state index < -0.39 is 35.7 Å². The number of nitrogens with zero attached hydrogens (tertiary/aromatic N) is 4. The van der Waals surface area contributed by atoms with Crippen molar-refractivity contribution in [1.82, 2.24) is 20.2 Å². The summed E-state index contributed by atoms with van der Waals surface area (Å²) in [6, 6.07) is -0.803. The maximum absolute atomic E-state index is 15.7. The fraction of sp³-hybridized carbons (Fsp3) is 0.643. The molecule has 0 bridgehead atoms. The average molecular weight is 578 g/mol. The van der Waals surface area contributed by atoms with Crippen LogP contribution < -0.4 is 15.0 Å². The van der Waals surface area contributed by atoms with Crippen molar-refractivity contribution in [3.8, 4) is 5.88 Å². The molecule has 2 aromatic rings. The number of rotatable bonds is 5. The number of carbonyl (C=O) groups is 2. The molecule has 4 heterocycles. The smallest absolute Gasteiger partial charge is 0.410 e. The average Bonchev–Trinajstić information content (AvgIpc) is 3.61. The first-order chi connectivity index (χ1) is 18.7. The molecule has 1 aliphatic carbocycles. The molecule has 0 radical (unpaired) electrons. The number of piperazine rings is 1. The van der Waals surface area contributed by atoms with Crippen LogP contribution in [-0.4, -0.2) is 82.5 Å². The lowest BCUT2D eigenvalue weighted by molar-refractivity contribution is -0.0102. The van der Waals surface area contributed by atoms with Crippen molar-refractivity contribution in [2.24, 2.45) is 0 Å². The fourth-order valence-corrected chi connectivity index (χ4v) is 5.52. The molecule has 1 saturated heterocycles. The molecule has 2 amide bonds. The minimum absolute atomic E-state index is 0.118. The number of ether oxygens (including phenoxy) is 3. The van der Waals surface area contributed by atoms with Crippen LogP contribution in [0.2, 0.25) is 5.15 Å². The maximum Gasteiger partial charge on any atom is 0.410 e. The molecule has 218 valence electrons. The van der Waals surface area contributed by atoms with Crippen LogP contribution in [0, 0.1) is 12.7 Å². The molecular weight excluding hydrogens is 541 g/mol. The van der Waals surface area contributed by atoms with Gasteiger partial charge in [-0.25, -0.2) is 14.2 Å². The Morgan fingerprint density at radius 3 is 2.55 bits per heavy atom. The topological polar surface area (TPSA) is 106 Å². The van der Waals surface area contributed by atoms with E-state index in [2.05, 4.69) is 10.3 Å². The Morgan fingerprint density at radius 1 is 1.23 bits per heavy atom. The van der Waals surface area contributed by atoms with Gasteiger partial charge in [0.05, 0.1) is 24.1 Å². The first kappa shape index (κ1) is 28.6. The van der Waals surface area contributed by atoms with E-state index in [0.29, 0.717) is 29.9 Å². The Kier molecular flexibility index (Phi) is 7.27. The van der Waals surface area contributed by atoms with Gasteiger partial charge < -0.3 is 24.4 Å². The summed E-state index contributed by atoms with van der Waals surface area (Å²) in [5.41, 5.74) is -0.506. The van der Waals surface area contributed by atoms with E-state index >= 15 is 4.39 Å². The zero-order valence-electron chi connectivity index (χ0n) is 24.1. The summed E-state index contributed by atoms with van der Waals surface area (Å²) in [7, 11) is 0. The second-order valence-electron chi connectivity index (χ2n) is 12.2. The summed E-state index contributed by atoms with van der Waals surface area (Å²) in [5.74, 6) is -0.608. The third kappa shape index (κ3) is 5.25. The molecule has 0 aromatic carbocycles. The van der Waals surface area contributed by atoms with E-state index in [1.807, 2.05) is 46.4 Å². The Labute approximate surface area is 238 Å². The molecule has 40 heavy (non-hydrogen) atoms. The lowest BCUT2D eigenvalue weighted by atomic mass is 10.0. The van der Waals surface area contributed by atoms with Crippen LogP contribution in [0.4, 0.5) is 15.0 Å². The van der Waals surface area contributed by atoms with Gasteiger partial charge in [-0.05, 0) is 66.9 Å². The van der Waals surface area contributed by atoms with Gasteiger partial charge in [-0.15, -0.1) is 0 Å². The van der Waals surface area contributed by atoms with Crippen LogP contribution in [0.3, 0.4) is 0 Å². The van der Waals surface area contributed by atoms with E-state index in [4.69, 9.17) is 30.8 Å². The Bertz CT molecular complexity index is 1360. The first-order valence-electron chi connectivity index (χ1n) is 13.8. The predicted molar refractivity (Wildman–Crippen MR) is 149 cm³/mol. The Hall–Kier alpha value is -2.92. The molecule has 3 atom stereocenters. The second kappa shape index (κ2) is 10.2. The molecule has 10 nitrogen and oxygen atoms in total. The summed E-state index contributed by atoms with van der Waals surface area (Å²) < 4.78 is 33.4. The van der Waals surface area contributed by atoms with Crippen molar-refractivity contribution in [3.63, 3.8) is 0 Å². The van der Waals surface area contributed by atoms with Crippen molar-refractivity contribution in [2.45, 2.75) is 90.6 Å². The highest BCUT2D eigenvalue weighted by atomic mass is 35.5. The van der Waals surface area contributed by atoms with Gasteiger partial charge in [-0.3, -0.25) is 9.69 Å². The van der Waals surface area contributed by atoms with Crippen LogP contribution in [0.5, 0.6) is 5.88 Å². The Balaban J connectivity index is 1.65. The molecule has 2 aromatic heterocycles. The highest BCUT2D eigenvalue weighted by molar-refractivity contribution is 6.30. The third-order valence-corrected chi connectivity index (χ3v) is 8.00. The molecule has 3 aliphatic rings. The Morgan fingerprint density at radius 2 is 1.93 bits per heavy atom. The number of halogens is 2. The van der Waals surface area contributed by atoms with Crippen molar-refractivity contribution in [2.75, 3.05) is 31.2 Å². The number of amides is 2. The monoisotopic (exact) mass is 577 g/mol. The van der Waals surface area contributed by atoms with Crippen LogP contribution in [0.15, 0.2) is 0 Å². The van der Waals surface area contributed by atoms with Gasteiger partial charge in [0.15, 0.2) is 11.0 Å². The van der Waals surface area contributed by atoms with Crippen LogP contribution in [0.25, 0.3) is 10.8 Å². The molecule has 5 rings (SSSR count). The summed E-state index contributed by atoms with van der Waals surface area (Å²) in [6.07, 6.45) is 0.780. The van der Waals surface area contributed by atoms with E-state index in [-0.39, 0.29) is 46.7 Å². The van der Waals surface area contributed by atoms with Crippen LogP contribution in [0.1, 0.15) is 70.4 Å². The fourth-order valence-electron chi connectivity index (χ4n) is 5.35. The molecule has 0 spiro atoms. The molecular formula is C28H37ClFN5O5. The van der Waals surface area contributed by atoms with Crippen molar-refractivity contribution < 1.29 is 28.2 Å². The van der Waals surface area contributed by atoms with Gasteiger partial charge in [0.2, 0.25) is 5.88 Å². The number of hydrogen-bond acceptors (Lipinski definition) is 8. The molecule has 1 unspecified atom stereocenters. The van der Waals surface area contributed by atoms with Crippen LogP contribution >= 0.6 is 11.6 Å². The number of fused-ring (bicyclic) bond motifs is 2. The zero-order valence-corrected chi connectivity index (χ0v) is 24.8. The third-order valence-electron chi connectivity index (χ3n) is 7.75. The molecule has 12 heteroatoms. The zero-order chi connectivity index (χ0) is 29.1. The van der Waals surface area contributed by atoms with Gasteiger partial charge in [0.25, 0.3) is 5.91 Å². The number of nitrogens with one attached hydrogen (secondary N) is 1. The van der Waals surface area contributed by atoms with Crippen molar-refractivity contribution >= 4 is 40.2 Å². The quantitative estimate of drug-likeness (QED) is 0.513. The van der Waals surface area contributed by atoms with E-state index in [1.165, 1.54) is 0 Å². The summed E-state index contributed by atoms with van der Waals surface area (Å²) in [5, 5.41) is 3.19. The molecule has 2 aliphatic heterocycles. The largest absolute Gasteiger partial charge is 0.472 e. The highest BCUT2D eigenvalue weighted by Gasteiger charge is 2.45. The number of anilines is 1. The lowest BCUT2D eigenvalue weighted by Gasteiger charge is -2.47. The van der Waals surface area contributed by atoms with E-state index in [9.17, 15) is 9.59 Å². The van der Waals surface area contributed by atoms with E-state index in [0.717, 1.165) is 12.8 Å². The van der Waals surface area contributed by atoms with E-state index in [1.54, 1.807) is 11.8 Å². The van der Waals surface area contributed by atoms with Gasteiger partial charge in [0, 0.05) is 30.6 Å². The standard InChI is InChI=1S/C28H37ClFN5O5/c1-8-38-13-16-11-35-17(12-34(16)26(37)40-27(4,5)6)15(3)39-25-19-18(20(30)22(29)32-25)14(2)21(31-23(19)35)24(36)33-28(7)9-10-28/h15-17H,8-13H2,1-7H3,(H,33,36)/t15-,16?,17-/m0/s1. The number of pyridine rings is 2. The minimum atomic E-state index is -0.735. The summed E-state index contributed by atoms with van der Waals surface area (Å²) in [6.45, 7) is 14.1. The van der Waals surface area contributed by atoms with Gasteiger partial charge in [0.1, 0.15) is 23.2 Å². The van der Waals surface area contributed by atoms with Crippen LogP contribution in [-0.2, 0) is 9.47 Å². The number of aryl methyl sites for hydroxylation is 1. The molecule has 2 fully saturated rings. The SMILES string of the molecule is CCOCC1CN2c3nc(C(=O)NC4(C)CC4)c(C)c4c(F)c(Cl)nc(c34)O[C@@H](C)[C@@H]2CN1C(=O)OC(C)(C)C. The molecule has 1 saturated carbocycles. The molecule has 1 N–H and O–H groups in total. The number of aromatic nitrogens is 2. The van der Waals surface area contributed by atoms with Gasteiger partial charge >= 0.3 is 6.09 Å². The first-order valence-corrected chi connectivity index (χ1v) is 14.1. The summed E-state index contributed by atoms with van der Waals surface area (Å²) >= 11 is 6.24. The normalized spacial score (nSPS) is 23.3. The second-order valence-corrected chi connectivity index (χ2v) is 12.5.